The van der Waals surface area contributed by atoms with Gasteiger partial charge in [-0.15, -0.1) is 0 Å². The number of aryl methyl sites for hydroxylation is 2. The van der Waals surface area contributed by atoms with Crippen molar-refractivity contribution in [3.8, 4) is 22.3 Å². The van der Waals surface area contributed by atoms with Crippen molar-refractivity contribution in [3.63, 3.8) is 0 Å². The van der Waals surface area contributed by atoms with Crippen molar-refractivity contribution in [2.75, 3.05) is 70.1 Å². The van der Waals surface area contributed by atoms with E-state index in [0.717, 1.165) is 95.9 Å². The highest BCUT2D eigenvalue weighted by Gasteiger charge is 2.35. The summed E-state index contributed by atoms with van der Waals surface area (Å²) in [4.78, 5) is 39.7. The van der Waals surface area contributed by atoms with Crippen LogP contribution in [0.1, 0.15) is 99.4 Å². The standard InChI is InChI=1S/C36H61N7O5Si2.C17H21N7O/c1-13-47-27(2)31-32(28-15-14-16-41(24-28)35(44)48-36(3,4)5)39-33-30(29-21-37-40(6)23-29)22-38-43(33)34(31)42(25-45-17-19-49(7,8)9)26-46-18-20-50(10,11)12;1-10(25)14-15(11-4-3-5-19-6-11)22-17-13(8-21-24(17)16(14)18)12-7-20-23(2)9-12/h21-23,28H,2,13-20,24-26H2,1,3-12H3;7-9,11,19H,3-6,18H2,1-2H3. The molecule has 8 heterocycles. The van der Waals surface area contributed by atoms with Crippen LogP contribution in [0.15, 0.2) is 43.8 Å². The van der Waals surface area contributed by atoms with Crippen molar-refractivity contribution >= 4 is 56.7 Å². The number of ether oxygens (including phenoxy) is 4. The fourth-order valence-electron chi connectivity index (χ4n) is 9.36. The predicted octanol–water partition coefficient (Wildman–Crippen LogP) is 9.06. The van der Waals surface area contributed by atoms with Crippen molar-refractivity contribution in [3.05, 3.63) is 66.3 Å². The number of aromatic nitrogens is 10. The number of nitrogens with two attached hydrogens (primary N) is 1. The van der Waals surface area contributed by atoms with Gasteiger partial charge in [-0.05, 0) is 78.9 Å². The molecule has 0 aliphatic carbocycles. The molecule has 2 aliphatic heterocycles. The Morgan fingerprint density at radius 2 is 1.35 bits per heavy atom. The number of nitrogens with one attached hydrogen (secondary N) is 1. The molecule has 2 fully saturated rings. The third kappa shape index (κ3) is 14.3. The van der Waals surface area contributed by atoms with Crippen LogP contribution in [0.3, 0.4) is 0 Å². The van der Waals surface area contributed by atoms with Crippen molar-refractivity contribution < 1.29 is 28.5 Å². The Kier molecular flexibility index (Phi) is 18.1. The van der Waals surface area contributed by atoms with E-state index >= 15 is 0 Å². The quantitative estimate of drug-likeness (QED) is 0.0255. The van der Waals surface area contributed by atoms with Gasteiger partial charge in [0.25, 0.3) is 0 Å². The average Bonchev–Trinajstić information content (AvgIpc) is 4.18. The van der Waals surface area contributed by atoms with E-state index in [9.17, 15) is 9.59 Å². The minimum atomic E-state index is -1.32. The molecule has 8 rings (SSSR count). The molecule has 2 unspecified atom stereocenters. The molecular weight excluding hydrogens is 985 g/mol. The molecule has 20 nitrogen and oxygen atoms in total. The summed E-state index contributed by atoms with van der Waals surface area (Å²) >= 11 is 0. The number of nitrogen functional groups attached to an aromatic ring is 1. The lowest BCUT2D eigenvalue weighted by atomic mass is 9.91. The highest BCUT2D eigenvalue weighted by Crippen LogP contribution is 2.40. The molecule has 0 radical (unpaired) electrons. The topological polar surface area (TPSA) is 212 Å². The number of rotatable bonds is 19. The zero-order valence-corrected chi connectivity index (χ0v) is 48.8. The molecule has 2 saturated heterocycles. The van der Waals surface area contributed by atoms with Crippen LogP contribution in [-0.4, -0.2) is 147 Å². The summed E-state index contributed by atoms with van der Waals surface area (Å²) < 4.78 is 31.7. The van der Waals surface area contributed by atoms with E-state index < -0.39 is 21.7 Å². The molecule has 22 heteroatoms. The summed E-state index contributed by atoms with van der Waals surface area (Å²) in [6.45, 7) is 32.9. The second kappa shape index (κ2) is 23.9. The Hall–Kier alpha value is -5.95. The predicted molar refractivity (Wildman–Crippen MR) is 301 cm³/mol. The number of carbonyl (C=O) groups excluding carboxylic acids is 2. The fraction of sp³-hybridized carbons (Fsp3) is 0.585. The van der Waals surface area contributed by atoms with Crippen LogP contribution in [0.2, 0.25) is 51.4 Å². The Labute approximate surface area is 444 Å². The van der Waals surface area contributed by atoms with E-state index in [2.05, 4.69) is 71.4 Å². The van der Waals surface area contributed by atoms with Crippen molar-refractivity contribution in [1.82, 2.24) is 59.0 Å². The average molecular weight is 1070 g/mol. The van der Waals surface area contributed by atoms with Crippen LogP contribution < -0.4 is 16.0 Å². The van der Waals surface area contributed by atoms with Crippen LogP contribution in [0.25, 0.3) is 39.3 Å². The van der Waals surface area contributed by atoms with Crippen LogP contribution >= 0.6 is 0 Å². The number of likely N-dealkylation sites (tertiary alicyclic amines) is 1. The number of hydrogen-bond acceptors (Lipinski definition) is 15. The molecule has 0 aromatic carbocycles. The third-order valence-electron chi connectivity index (χ3n) is 13.3. The highest BCUT2D eigenvalue weighted by molar-refractivity contribution is 6.76. The third-order valence-corrected chi connectivity index (χ3v) is 16.7. The summed E-state index contributed by atoms with van der Waals surface area (Å²) in [7, 11) is 1.12. The molecule has 6 aromatic rings. The monoisotopic (exact) mass is 1070 g/mol. The number of nitrogens with zero attached hydrogens (tertiary/aromatic N) is 12. The van der Waals surface area contributed by atoms with Gasteiger partial charge in [0.05, 0.1) is 53.9 Å². The first-order valence-electron chi connectivity index (χ1n) is 26.4. The summed E-state index contributed by atoms with van der Waals surface area (Å²) in [6, 6.07) is 2.09. The van der Waals surface area contributed by atoms with E-state index in [1.807, 2.05) is 71.1 Å². The van der Waals surface area contributed by atoms with Crippen LogP contribution in [-0.2, 0) is 33.0 Å². The number of hydrogen-bond donors (Lipinski definition) is 2. The number of piperidine rings is 2. The molecular formula is C53H82N14O6Si2. The zero-order valence-electron chi connectivity index (χ0n) is 46.8. The maximum Gasteiger partial charge on any atom is 0.410 e. The molecule has 3 N–H and O–H groups in total. The van der Waals surface area contributed by atoms with Crippen LogP contribution in [0.5, 0.6) is 0 Å². The minimum absolute atomic E-state index is 0.0779. The lowest BCUT2D eigenvalue weighted by Crippen LogP contribution is -2.42. The van der Waals surface area contributed by atoms with Gasteiger partial charge in [0, 0.05) is 110 Å². The number of anilines is 2. The number of carbonyl (C=O) groups is 2. The lowest BCUT2D eigenvalue weighted by Gasteiger charge is -2.35. The SMILES string of the molecule is C=C(OCC)c1c(C2CCCN(C(=O)OC(C)(C)C)C2)nc2c(-c3cnn(C)c3)cnn2c1N(COCC[Si](C)(C)C)COCC[Si](C)(C)C.CC(=O)c1c(C2CCCNC2)nc2c(-c3cnn(C)c3)cnn2c1N. The highest BCUT2D eigenvalue weighted by atomic mass is 28.3. The first kappa shape index (κ1) is 56.8. The molecule has 75 heavy (non-hydrogen) atoms. The molecule has 0 spiro atoms. The summed E-state index contributed by atoms with van der Waals surface area (Å²) in [6.07, 6.45) is 14.4. The Balaban J connectivity index is 0.000000271. The van der Waals surface area contributed by atoms with Gasteiger partial charge in [-0.3, -0.25) is 14.2 Å². The Bertz CT molecular complexity index is 2910. The molecule has 6 aromatic heterocycles. The molecule has 408 valence electrons. The normalized spacial score (nSPS) is 16.5. The number of ketones is 1. The van der Waals surface area contributed by atoms with E-state index in [-0.39, 0.29) is 23.7 Å². The second-order valence-electron chi connectivity index (χ2n) is 23.3. The number of amides is 1. The van der Waals surface area contributed by atoms with Gasteiger partial charge in [-0.1, -0.05) is 45.9 Å². The zero-order chi connectivity index (χ0) is 54.4. The Morgan fingerprint density at radius 1 is 0.800 bits per heavy atom. The maximum absolute atomic E-state index is 13.3. The van der Waals surface area contributed by atoms with Crippen molar-refractivity contribution in [2.45, 2.75) is 129 Å². The number of Topliss-reactive ketones (excluding diaryl/α,β-unsaturated/α-hetero) is 1. The first-order valence-corrected chi connectivity index (χ1v) is 33.8. The first-order chi connectivity index (χ1) is 35.4. The van der Waals surface area contributed by atoms with E-state index in [4.69, 9.17) is 39.7 Å². The summed E-state index contributed by atoms with van der Waals surface area (Å²) in [5, 5.41) is 21.3. The number of fused-ring (bicyclic) bond motifs is 2. The van der Waals surface area contributed by atoms with Crippen LogP contribution in [0.4, 0.5) is 16.4 Å². The van der Waals surface area contributed by atoms with E-state index in [1.165, 1.54) is 6.92 Å². The van der Waals surface area contributed by atoms with E-state index in [0.29, 0.717) is 74.8 Å². The fourth-order valence-corrected chi connectivity index (χ4v) is 10.9. The maximum atomic E-state index is 13.3. The van der Waals surface area contributed by atoms with Crippen LogP contribution in [0, 0.1) is 0 Å². The van der Waals surface area contributed by atoms with Gasteiger partial charge in [0.15, 0.2) is 17.1 Å². The lowest BCUT2D eigenvalue weighted by molar-refractivity contribution is 0.0197. The van der Waals surface area contributed by atoms with Gasteiger partial charge < -0.3 is 39.8 Å². The van der Waals surface area contributed by atoms with Gasteiger partial charge >= 0.3 is 6.09 Å². The molecule has 0 bridgehead atoms. The van der Waals surface area contributed by atoms with E-state index in [1.54, 1.807) is 31.2 Å². The van der Waals surface area contributed by atoms with Gasteiger partial charge in [-0.2, -0.15) is 29.4 Å². The summed E-state index contributed by atoms with van der Waals surface area (Å²) in [5.41, 5.74) is 13.4. The molecule has 1 amide bonds. The second-order valence-corrected chi connectivity index (χ2v) is 34.5. The van der Waals surface area contributed by atoms with Gasteiger partial charge in [0.2, 0.25) is 0 Å². The smallest absolute Gasteiger partial charge is 0.410 e. The van der Waals surface area contributed by atoms with Crippen molar-refractivity contribution in [2.24, 2.45) is 14.1 Å². The van der Waals surface area contributed by atoms with Crippen molar-refractivity contribution in [1.29, 1.82) is 0 Å². The molecule has 2 atom stereocenters. The Morgan fingerprint density at radius 3 is 1.84 bits per heavy atom. The molecule has 0 saturated carbocycles. The minimum Gasteiger partial charge on any atom is -0.494 e. The summed E-state index contributed by atoms with van der Waals surface area (Å²) in [5.74, 6) is 1.59. The van der Waals surface area contributed by atoms with Gasteiger partial charge in [0.1, 0.15) is 36.5 Å². The molecule has 2 aliphatic rings. The van der Waals surface area contributed by atoms with Gasteiger partial charge in [-0.25, -0.2) is 14.8 Å². The largest absolute Gasteiger partial charge is 0.494 e.